The summed E-state index contributed by atoms with van der Waals surface area (Å²) in [6.07, 6.45) is 1.52. The smallest absolute Gasteiger partial charge is 0.292 e. The Hall–Kier alpha value is -4.81. The number of aromatic nitrogens is 1. The van der Waals surface area contributed by atoms with Gasteiger partial charge in [0.25, 0.3) is 5.91 Å². The molecule has 2 amide bonds. The van der Waals surface area contributed by atoms with Crippen LogP contribution in [-0.4, -0.2) is 22.8 Å². The Bertz CT molecular complexity index is 1510. The van der Waals surface area contributed by atoms with Gasteiger partial charge in [-0.3, -0.25) is 9.59 Å². The van der Waals surface area contributed by atoms with E-state index >= 15 is 0 Å². The number of furan rings is 1. The molecule has 0 radical (unpaired) electrons. The highest BCUT2D eigenvalue weighted by molar-refractivity contribution is 6.03. The summed E-state index contributed by atoms with van der Waals surface area (Å²) in [7, 11) is 0. The van der Waals surface area contributed by atoms with Crippen LogP contribution in [0, 0.1) is 24.1 Å². The first-order valence-electron chi connectivity index (χ1n) is 11.5. The van der Waals surface area contributed by atoms with Gasteiger partial charge in [0, 0.05) is 29.3 Å². The lowest BCUT2D eigenvalue weighted by Gasteiger charge is -2.15. The van der Waals surface area contributed by atoms with Crippen molar-refractivity contribution in [2.45, 2.75) is 26.3 Å². The number of carbonyl (C=O) groups is 2. The van der Waals surface area contributed by atoms with E-state index in [1.165, 1.54) is 24.5 Å². The Balaban J connectivity index is 1.84. The van der Waals surface area contributed by atoms with Gasteiger partial charge in [-0.25, -0.2) is 9.37 Å². The highest BCUT2D eigenvalue weighted by atomic mass is 19.1. The summed E-state index contributed by atoms with van der Waals surface area (Å²) in [5.41, 5.74) is 9.10. The number of carbonyl (C=O) groups excluding carboxylic acids is 2. The number of pyridine rings is 1. The van der Waals surface area contributed by atoms with Gasteiger partial charge in [0.05, 0.1) is 12.0 Å². The number of nitriles is 1. The van der Waals surface area contributed by atoms with E-state index in [0.29, 0.717) is 33.6 Å². The number of nitrogens with zero attached hydrogens (tertiary/aromatic N) is 2. The van der Waals surface area contributed by atoms with Crippen LogP contribution < -0.4 is 16.4 Å². The molecule has 0 aliphatic heterocycles. The number of nitrogens with one attached hydrogen (secondary N) is 2. The molecule has 2 aromatic heterocycles. The molecule has 2 heterocycles. The summed E-state index contributed by atoms with van der Waals surface area (Å²) < 4.78 is 19.0. The monoisotopic (exact) mass is 497 g/mol. The molecule has 4 rings (SSSR count). The van der Waals surface area contributed by atoms with Crippen LogP contribution in [0.2, 0.25) is 0 Å². The first kappa shape index (κ1) is 25.3. The Morgan fingerprint density at radius 2 is 1.92 bits per heavy atom. The highest BCUT2D eigenvalue weighted by Crippen LogP contribution is 2.35. The van der Waals surface area contributed by atoms with E-state index in [1.807, 2.05) is 0 Å². The minimum Gasteiger partial charge on any atom is -0.459 e. The largest absolute Gasteiger partial charge is 0.459 e. The number of hydrogen-bond acceptors (Lipinski definition) is 6. The summed E-state index contributed by atoms with van der Waals surface area (Å²) in [4.78, 5) is 29.5. The van der Waals surface area contributed by atoms with Gasteiger partial charge in [-0.2, -0.15) is 5.26 Å². The number of amides is 2. The van der Waals surface area contributed by atoms with Gasteiger partial charge in [-0.1, -0.05) is 12.1 Å². The second-order valence-electron chi connectivity index (χ2n) is 8.59. The van der Waals surface area contributed by atoms with Crippen molar-refractivity contribution >= 4 is 23.3 Å². The zero-order valence-corrected chi connectivity index (χ0v) is 20.2. The van der Waals surface area contributed by atoms with Gasteiger partial charge >= 0.3 is 0 Å². The van der Waals surface area contributed by atoms with Gasteiger partial charge in [0.2, 0.25) is 5.91 Å². The molecule has 0 spiro atoms. The minimum absolute atomic E-state index is 0.0199. The molecule has 9 heteroatoms. The third kappa shape index (κ3) is 5.89. The number of aryl methyl sites for hydroxylation is 1. The van der Waals surface area contributed by atoms with Crippen molar-refractivity contribution in [2.75, 3.05) is 10.6 Å². The lowest BCUT2D eigenvalue weighted by molar-refractivity contribution is -0.116. The summed E-state index contributed by atoms with van der Waals surface area (Å²) in [5.74, 6) is -1.14. The fraction of sp³-hybridized carbons (Fsp3) is 0.143. The predicted molar refractivity (Wildman–Crippen MR) is 138 cm³/mol. The summed E-state index contributed by atoms with van der Waals surface area (Å²) in [6, 6.07) is 17.8. The van der Waals surface area contributed by atoms with E-state index in [1.54, 1.807) is 56.3 Å². The average Bonchev–Trinajstić information content (AvgIpc) is 3.38. The molecule has 0 bridgehead atoms. The van der Waals surface area contributed by atoms with Crippen LogP contribution in [0.15, 0.2) is 71.3 Å². The predicted octanol–water partition coefficient (Wildman–Crippen LogP) is 5.26. The van der Waals surface area contributed by atoms with E-state index in [0.717, 1.165) is 0 Å². The summed E-state index contributed by atoms with van der Waals surface area (Å²) in [6.45, 7) is 3.48. The summed E-state index contributed by atoms with van der Waals surface area (Å²) in [5, 5.41) is 15.5. The molecule has 2 aromatic carbocycles. The number of hydrogen-bond donors (Lipinski definition) is 3. The van der Waals surface area contributed by atoms with Gasteiger partial charge < -0.3 is 20.8 Å². The molecule has 0 aliphatic carbocycles. The summed E-state index contributed by atoms with van der Waals surface area (Å²) >= 11 is 0. The second kappa shape index (κ2) is 10.8. The fourth-order valence-corrected chi connectivity index (χ4v) is 3.87. The molecule has 1 atom stereocenters. The first-order valence-corrected chi connectivity index (χ1v) is 11.5. The molecule has 186 valence electrons. The van der Waals surface area contributed by atoms with Crippen LogP contribution >= 0.6 is 0 Å². The number of anilines is 2. The lowest BCUT2D eigenvalue weighted by atomic mass is 9.96. The molecular formula is C28H24FN5O3. The molecular weight excluding hydrogens is 473 g/mol. The molecule has 0 aliphatic rings. The number of nitrogens with two attached hydrogens (primary N) is 1. The fourth-order valence-electron chi connectivity index (χ4n) is 3.87. The standard InChI is InChI=1S/C28H24FN5O3/c1-16-11-19(29)8-9-21(16)24-14-22(18-5-3-6-20(13-18)32-26(35)12-17(2)31)23(15-30)27(33-24)34-28(36)25-7-4-10-37-25/h3-11,13-14,17H,12,31H2,1-2H3,(H,32,35)(H,33,34,36). The van der Waals surface area contributed by atoms with Crippen LogP contribution in [0.25, 0.3) is 22.4 Å². The van der Waals surface area contributed by atoms with Crippen LogP contribution in [0.3, 0.4) is 0 Å². The van der Waals surface area contributed by atoms with Gasteiger partial charge in [0.1, 0.15) is 17.4 Å². The maximum atomic E-state index is 13.8. The van der Waals surface area contributed by atoms with Gasteiger partial charge in [-0.15, -0.1) is 0 Å². The first-order chi connectivity index (χ1) is 17.7. The van der Waals surface area contributed by atoms with Crippen molar-refractivity contribution in [1.29, 1.82) is 5.26 Å². The quantitative estimate of drug-likeness (QED) is 0.319. The van der Waals surface area contributed by atoms with E-state index in [9.17, 15) is 19.2 Å². The molecule has 0 fully saturated rings. The topological polar surface area (TPSA) is 134 Å². The molecule has 0 saturated heterocycles. The van der Waals surface area contributed by atoms with Crippen molar-refractivity contribution in [3.8, 4) is 28.5 Å². The maximum Gasteiger partial charge on any atom is 0.292 e. The zero-order valence-electron chi connectivity index (χ0n) is 20.2. The van der Waals surface area contributed by atoms with Crippen molar-refractivity contribution in [1.82, 2.24) is 4.98 Å². The number of rotatable bonds is 7. The maximum absolute atomic E-state index is 13.8. The molecule has 8 nitrogen and oxygen atoms in total. The van der Waals surface area contributed by atoms with Crippen molar-refractivity contribution < 1.29 is 18.4 Å². The van der Waals surface area contributed by atoms with Crippen LogP contribution in [0.1, 0.15) is 35.0 Å². The van der Waals surface area contributed by atoms with E-state index in [2.05, 4.69) is 21.7 Å². The highest BCUT2D eigenvalue weighted by Gasteiger charge is 2.20. The molecule has 0 saturated carbocycles. The third-order valence-electron chi connectivity index (χ3n) is 5.54. The van der Waals surface area contributed by atoms with Gasteiger partial charge in [-0.05, 0) is 73.5 Å². The molecule has 37 heavy (non-hydrogen) atoms. The van der Waals surface area contributed by atoms with Crippen LogP contribution in [0.4, 0.5) is 15.9 Å². The second-order valence-corrected chi connectivity index (χ2v) is 8.59. The van der Waals surface area contributed by atoms with E-state index in [-0.39, 0.29) is 35.5 Å². The zero-order chi connectivity index (χ0) is 26.5. The molecule has 4 N–H and O–H groups in total. The normalized spacial score (nSPS) is 11.4. The van der Waals surface area contributed by atoms with Crippen molar-refractivity contribution in [3.05, 3.63) is 89.6 Å². The van der Waals surface area contributed by atoms with Crippen molar-refractivity contribution in [2.24, 2.45) is 5.73 Å². The van der Waals surface area contributed by atoms with Gasteiger partial charge in [0.15, 0.2) is 11.6 Å². The SMILES string of the molecule is Cc1cc(F)ccc1-c1cc(-c2cccc(NC(=O)CC(C)N)c2)c(C#N)c(NC(=O)c2ccco2)n1. The van der Waals surface area contributed by atoms with Crippen molar-refractivity contribution in [3.63, 3.8) is 0 Å². The third-order valence-corrected chi connectivity index (χ3v) is 5.54. The Kier molecular flexibility index (Phi) is 7.41. The molecule has 4 aromatic rings. The number of benzene rings is 2. The van der Waals surface area contributed by atoms with Crippen LogP contribution in [0.5, 0.6) is 0 Å². The minimum atomic E-state index is -0.579. The molecule has 1 unspecified atom stereocenters. The van der Waals surface area contributed by atoms with E-state index in [4.69, 9.17) is 10.2 Å². The number of halogens is 1. The average molecular weight is 498 g/mol. The van der Waals surface area contributed by atoms with E-state index < -0.39 is 11.7 Å². The Labute approximate surface area is 212 Å². The lowest BCUT2D eigenvalue weighted by Crippen LogP contribution is -2.23. The Morgan fingerprint density at radius 3 is 2.59 bits per heavy atom. The Morgan fingerprint density at radius 1 is 1.11 bits per heavy atom. The van der Waals surface area contributed by atoms with Crippen LogP contribution in [-0.2, 0) is 4.79 Å².